The molecule has 3 nitrogen and oxygen atoms in total. The third kappa shape index (κ3) is 2.96. The van der Waals surface area contributed by atoms with Crippen LogP contribution in [0.5, 0.6) is 0 Å². The summed E-state index contributed by atoms with van der Waals surface area (Å²) in [5.41, 5.74) is 3.34. The topological polar surface area (TPSA) is 34.9 Å². The standard InChI is InChI=1S/C15H16BrClN2O/c1-4-19-13(15(17)10(3)18-19)8-14(20)11-6-5-9(2)12(16)7-11/h5-7H,4,8H2,1-3H3. The summed E-state index contributed by atoms with van der Waals surface area (Å²) in [5.74, 6) is 0.0437. The average Bonchev–Trinajstić information content (AvgIpc) is 2.69. The van der Waals surface area contributed by atoms with Crippen molar-refractivity contribution in [3.05, 3.63) is 50.2 Å². The van der Waals surface area contributed by atoms with Gasteiger partial charge in [-0.25, -0.2) is 0 Å². The van der Waals surface area contributed by atoms with E-state index in [1.807, 2.05) is 39.0 Å². The van der Waals surface area contributed by atoms with E-state index in [2.05, 4.69) is 21.0 Å². The van der Waals surface area contributed by atoms with E-state index < -0.39 is 0 Å². The molecule has 0 bridgehead atoms. The summed E-state index contributed by atoms with van der Waals surface area (Å²) in [4.78, 5) is 12.4. The Morgan fingerprint density at radius 3 is 2.70 bits per heavy atom. The fourth-order valence-corrected chi connectivity index (χ4v) is 2.64. The first kappa shape index (κ1) is 15.3. The van der Waals surface area contributed by atoms with Crippen LogP contribution in [0.3, 0.4) is 0 Å². The molecule has 0 atom stereocenters. The Morgan fingerprint density at radius 2 is 2.10 bits per heavy atom. The van der Waals surface area contributed by atoms with E-state index in [9.17, 15) is 4.79 Å². The molecule has 0 aliphatic rings. The first-order valence-electron chi connectivity index (χ1n) is 6.45. The van der Waals surface area contributed by atoms with Crippen molar-refractivity contribution in [1.82, 2.24) is 9.78 Å². The lowest BCUT2D eigenvalue weighted by atomic mass is 10.0. The Morgan fingerprint density at radius 1 is 1.40 bits per heavy atom. The lowest BCUT2D eigenvalue weighted by Gasteiger charge is -2.06. The largest absolute Gasteiger partial charge is 0.294 e. The van der Waals surface area contributed by atoms with Crippen molar-refractivity contribution < 1.29 is 4.79 Å². The summed E-state index contributed by atoms with van der Waals surface area (Å²) in [5, 5.41) is 4.92. The second-order valence-electron chi connectivity index (χ2n) is 4.73. The third-order valence-corrected chi connectivity index (χ3v) is 4.62. The van der Waals surface area contributed by atoms with Gasteiger partial charge in [0.1, 0.15) is 0 Å². The van der Waals surface area contributed by atoms with E-state index >= 15 is 0 Å². The van der Waals surface area contributed by atoms with Crippen molar-refractivity contribution in [1.29, 1.82) is 0 Å². The van der Waals surface area contributed by atoms with Crippen molar-refractivity contribution >= 4 is 33.3 Å². The van der Waals surface area contributed by atoms with Crippen LogP contribution in [0.1, 0.15) is 34.2 Å². The van der Waals surface area contributed by atoms with E-state index in [1.165, 1.54) is 0 Å². The number of ketones is 1. The predicted octanol–water partition coefficient (Wildman–Crippen LogP) is 4.36. The number of aryl methyl sites for hydroxylation is 3. The first-order chi connectivity index (χ1) is 9.43. The van der Waals surface area contributed by atoms with Gasteiger partial charge < -0.3 is 0 Å². The second-order valence-corrected chi connectivity index (χ2v) is 5.96. The number of carbonyl (C=O) groups excluding carboxylic acids is 1. The summed E-state index contributed by atoms with van der Waals surface area (Å²) in [6.45, 7) is 6.53. The summed E-state index contributed by atoms with van der Waals surface area (Å²) in [6, 6.07) is 5.63. The quantitative estimate of drug-likeness (QED) is 0.764. The van der Waals surface area contributed by atoms with Crippen molar-refractivity contribution in [3.63, 3.8) is 0 Å². The fraction of sp³-hybridized carbons (Fsp3) is 0.333. The van der Waals surface area contributed by atoms with Crippen LogP contribution in [-0.4, -0.2) is 15.6 Å². The van der Waals surface area contributed by atoms with Gasteiger partial charge in [-0.15, -0.1) is 0 Å². The zero-order valence-corrected chi connectivity index (χ0v) is 14.0. The highest BCUT2D eigenvalue weighted by Gasteiger charge is 2.17. The van der Waals surface area contributed by atoms with Crippen LogP contribution in [0.2, 0.25) is 5.02 Å². The molecule has 2 rings (SSSR count). The molecule has 106 valence electrons. The normalized spacial score (nSPS) is 10.8. The van der Waals surface area contributed by atoms with E-state index in [0.717, 1.165) is 21.4 Å². The monoisotopic (exact) mass is 354 g/mol. The highest BCUT2D eigenvalue weighted by atomic mass is 79.9. The van der Waals surface area contributed by atoms with E-state index in [4.69, 9.17) is 11.6 Å². The van der Waals surface area contributed by atoms with Crippen LogP contribution >= 0.6 is 27.5 Å². The van der Waals surface area contributed by atoms with Gasteiger partial charge in [0, 0.05) is 16.6 Å². The maximum Gasteiger partial charge on any atom is 0.168 e. The Bertz CT molecular complexity index is 664. The lowest BCUT2D eigenvalue weighted by molar-refractivity contribution is 0.0990. The molecule has 0 amide bonds. The number of nitrogens with zero attached hydrogens (tertiary/aromatic N) is 2. The highest BCUT2D eigenvalue weighted by Crippen LogP contribution is 2.23. The Balaban J connectivity index is 2.30. The molecule has 0 spiro atoms. The van der Waals surface area contributed by atoms with Crippen LogP contribution < -0.4 is 0 Å². The molecular formula is C15H16BrClN2O. The van der Waals surface area contributed by atoms with Crippen LogP contribution in [0, 0.1) is 13.8 Å². The van der Waals surface area contributed by atoms with Gasteiger partial charge in [-0.1, -0.05) is 39.7 Å². The summed E-state index contributed by atoms with van der Waals surface area (Å²) < 4.78 is 2.73. The van der Waals surface area contributed by atoms with Crippen molar-refractivity contribution in [2.75, 3.05) is 0 Å². The average molecular weight is 356 g/mol. The number of benzene rings is 1. The molecule has 0 fully saturated rings. The van der Waals surface area contributed by atoms with Gasteiger partial charge in [0.15, 0.2) is 5.78 Å². The van der Waals surface area contributed by atoms with Crippen LogP contribution in [0.4, 0.5) is 0 Å². The van der Waals surface area contributed by atoms with E-state index in [0.29, 0.717) is 17.1 Å². The maximum atomic E-state index is 12.4. The Hall–Kier alpha value is -1.13. The molecule has 0 aliphatic carbocycles. The van der Waals surface area contributed by atoms with E-state index in [1.54, 1.807) is 4.68 Å². The zero-order valence-electron chi connectivity index (χ0n) is 11.7. The molecule has 1 aromatic heterocycles. The number of aromatic nitrogens is 2. The minimum atomic E-state index is 0.0437. The molecule has 5 heteroatoms. The molecule has 0 N–H and O–H groups in total. The number of hydrogen-bond acceptors (Lipinski definition) is 2. The fourth-order valence-electron chi connectivity index (χ4n) is 2.06. The van der Waals surface area contributed by atoms with Gasteiger partial charge in [0.05, 0.1) is 22.8 Å². The van der Waals surface area contributed by atoms with Crippen LogP contribution in [0.25, 0.3) is 0 Å². The van der Waals surface area contributed by atoms with Gasteiger partial charge in [-0.3, -0.25) is 9.48 Å². The van der Waals surface area contributed by atoms with Crippen LogP contribution in [0.15, 0.2) is 22.7 Å². The number of halogens is 2. The maximum absolute atomic E-state index is 12.4. The molecule has 2 aromatic rings. The molecule has 1 aromatic carbocycles. The molecule has 0 unspecified atom stereocenters. The van der Waals surface area contributed by atoms with Gasteiger partial charge in [-0.2, -0.15) is 5.10 Å². The minimum absolute atomic E-state index is 0.0437. The zero-order chi connectivity index (χ0) is 14.9. The number of rotatable bonds is 4. The van der Waals surface area contributed by atoms with Gasteiger partial charge in [0.2, 0.25) is 0 Å². The van der Waals surface area contributed by atoms with Crippen molar-refractivity contribution in [2.24, 2.45) is 0 Å². The molecule has 1 heterocycles. The number of carbonyl (C=O) groups is 1. The Kier molecular flexibility index (Phi) is 4.66. The van der Waals surface area contributed by atoms with Gasteiger partial charge >= 0.3 is 0 Å². The smallest absolute Gasteiger partial charge is 0.168 e. The Labute approximate surface area is 132 Å². The molecule has 0 saturated carbocycles. The van der Waals surface area contributed by atoms with Crippen molar-refractivity contribution in [3.8, 4) is 0 Å². The SMILES string of the molecule is CCn1nc(C)c(Cl)c1CC(=O)c1ccc(C)c(Br)c1. The molecule has 0 saturated heterocycles. The molecule has 0 radical (unpaired) electrons. The third-order valence-electron chi connectivity index (χ3n) is 3.27. The summed E-state index contributed by atoms with van der Waals surface area (Å²) >= 11 is 9.69. The lowest BCUT2D eigenvalue weighted by Crippen LogP contribution is -2.10. The predicted molar refractivity (Wildman–Crippen MR) is 84.6 cm³/mol. The van der Waals surface area contributed by atoms with E-state index in [-0.39, 0.29) is 12.2 Å². The second kappa shape index (κ2) is 6.10. The van der Waals surface area contributed by atoms with Crippen LogP contribution in [-0.2, 0) is 13.0 Å². The number of hydrogen-bond donors (Lipinski definition) is 0. The summed E-state index contributed by atoms with van der Waals surface area (Å²) in [7, 11) is 0. The highest BCUT2D eigenvalue weighted by molar-refractivity contribution is 9.10. The number of Topliss-reactive ketones (excluding diaryl/α,β-unsaturated/α-hetero) is 1. The molecule has 20 heavy (non-hydrogen) atoms. The molecular weight excluding hydrogens is 340 g/mol. The van der Waals surface area contributed by atoms with Gasteiger partial charge in [0.25, 0.3) is 0 Å². The molecule has 0 aliphatic heterocycles. The van der Waals surface area contributed by atoms with Gasteiger partial charge in [-0.05, 0) is 32.4 Å². The minimum Gasteiger partial charge on any atom is -0.294 e. The first-order valence-corrected chi connectivity index (χ1v) is 7.62. The summed E-state index contributed by atoms with van der Waals surface area (Å²) in [6.07, 6.45) is 0.267. The van der Waals surface area contributed by atoms with Crippen molar-refractivity contribution in [2.45, 2.75) is 33.7 Å².